The molecule has 2 N–H and O–H groups in total. The van der Waals surface area contributed by atoms with E-state index in [4.69, 9.17) is 5.73 Å². The SMILES string of the molecule is Cl.NC1CCC(C(F)(F)F)N(C(=O)CCC2CCCC2)C1. The van der Waals surface area contributed by atoms with E-state index in [-0.39, 0.29) is 43.7 Å². The molecule has 2 unspecified atom stereocenters. The standard InChI is InChI=1S/C14H23F3N2O.ClH/c15-14(16,17)12-7-6-11(18)9-19(12)13(20)8-5-10-3-1-2-4-10;/h10-12H,1-9,18H2;1H. The van der Waals surface area contributed by atoms with Crippen molar-refractivity contribution in [1.29, 1.82) is 0 Å². The summed E-state index contributed by atoms with van der Waals surface area (Å²) in [5, 5.41) is 0. The summed E-state index contributed by atoms with van der Waals surface area (Å²) >= 11 is 0. The summed E-state index contributed by atoms with van der Waals surface area (Å²) in [7, 11) is 0. The smallest absolute Gasteiger partial charge is 0.329 e. The second-order valence-electron chi connectivity index (χ2n) is 6.13. The molecular formula is C14H24ClF3N2O. The van der Waals surface area contributed by atoms with E-state index in [1.54, 1.807) is 0 Å². The Morgan fingerprint density at radius 3 is 2.33 bits per heavy atom. The van der Waals surface area contributed by atoms with Gasteiger partial charge in [0.15, 0.2) is 0 Å². The Labute approximate surface area is 129 Å². The van der Waals surface area contributed by atoms with Crippen molar-refractivity contribution in [3.8, 4) is 0 Å². The summed E-state index contributed by atoms with van der Waals surface area (Å²) in [6.45, 7) is 0.0354. The van der Waals surface area contributed by atoms with Crippen LogP contribution >= 0.6 is 12.4 Å². The van der Waals surface area contributed by atoms with E-state index in [2.05, 4.69) is 0 Å². The molecule has 0 aromatic rings. The lowest BCUT2D eigenvalue weighted by Crippen LogP contribution is -2.56. The van der Waals surface area contributed by atoms with Crippen LogP contribution in [0.1, 0.15) is 51.4 Å². The van der Waals surface area contributed by atoms with Crippen LogP contribution in [-0.4, -0.2) is 35.6 Å². The zero-order valence-electron chi connectivity index (χ0n) is 12.1. The molecular weight excluding hydrogens is 305 g/mol. The molecule has 2 aliphatic rings. The van der Waals surface area contributed by atoms with Gasteiger partial charge in [0.05, 0.1) is 0 Å². The van der Waals surface area contributed by atoms with Crippen LogP contribution < -0.4 is 5.73 Å². The zero-order chi connectivity index (χ0) is 14.8. The molecule has 3 nitrogen and oxygen atoms in total. The van der Waals surface area contributed by atoms with Crippen LogP contribution in [0, 0.1) is 5.92 Å². The normalized spacial score (nSPS) is 27.5. The monoisotopic (exact) mass is 328 g/mol. The third-order valence-corrected chi connectivity index (χ3v) is 4.56. The molecule has 7 heteroatoms. The van der Waals surface area contributed by atoms with E-state index in [0.717, 1.165) is 24.2 Å². The molecule has 1 saturated heterocycles. The van der Waals surface area contributed by atoms with Gasteiger partial charge in [-0.15, -0.1) is 12.4 Å². The van der Waals surface area contributed by atoms with Crippen molar-refractivity contribution in [2.24, 2.45) is 11.7 Å². The van der Waals surface area contributed by atoms with Crippen molar-refractivity contribution in [1.82, 2.24) is 4.90 Å². The average molecular weight is 329 g/mol. The van der Waals surface area contributed by atoms with Gasteiger partial charge in [0, 0.05) is 19.0 Å². The molecule has 21 heavy (non-hydrogen) atoms. The summed E-state index contributed by atoms with van der Waals surface area (Å²) in [5.74, 6) is 0.135. The molecule has 1 saturated carbocycles. The van der Waals surface area contributed by atoms with E-state index < -0.39 is 12.2 Å². The topological polar surface area (TPSA) is 46.3 Å². The fraction of sp³-hybridized carbons (Fsp3) is 0.929. The summed E-state index contributed by atoms with van der Waals surface area (Å²) in [6.07, 6.45) is 1.43. The molecule has 0 radical (unpaired) electrons. The molecule has 1 heterocycles. The highest BCUT2D eigenvalue weighted by Gasteiger charge is 2.47. The van der Waals surface area contributed by atoms with E-state index in [1.165, 1.54) is 12.8 Å². The molecule has 0 aromatic carbocycles. The minimum absolute atomic E-state index is 0. The van der Waals surface area contributed by atoms with Gasteiger partial charge in [-0.1, -0.05) is 25.7 Å². The van der Waals surface area contributed by atoms with Crippen LogP contribution in [-0.2, 0) is 4.79 Å². The van der Waals surface area contributed by atoms with Gasteiger partial charge in [0.2, 0.25) is 5.91 Å². The average Bonchev–Trinajstić information content (AvgIpc) is 2.87. The first-order chi connectivity index (χ1) is 9.38. The maximum absolute atomic E-state index is 13.0. The minimum atomic E-state index is -4.34. The van der Waals surface area contributed by atoms with Crippen LogP contribution in [0.15, 0.2) is 0 Å². The fourth-order valence-electron chi connectivity index (χ4n) is 3.39. The first-order valence-corrected chi connectivity index (χ1v) is 7.49. The van der Waals surface area contributed by atoms with E-state index in [0.29, 0.717) is 12.3 Å². The maximum atomic E-state index is 13.0. The Bertz CT molecular complexity index is 346. The summed E-state index contributed by atoms with van der Waals surface area (Å²) in [6, 6.07) is -1.97. The lowest BCUT2D eigenvalue weighted by Gasteiger charge is -2.39. The maximum Gasteiger partial charge on any atom is 0.408 e. The van der Waals surface area contributed by atoms with Crippen LogP contribution in [0.5, 0.6) is 0 Å². The largest absolute Gasteiger partial charge is 0.408 e. The minimum Gasteiger partial charge on any atom is -0.329 e. The molecule has 1 aliphatic carbocycles. The Hall–Kier alpha value is -0.490. The Morgan fingerprint density at radius 2 is 1.76 bits per heavy atom. The third kappa shape index (κ3) is 5.02. The van der Waals surface area contributed by atoms with E-state index in [1.807, 2.05) is 0 Å². The summed E-state index contributed by atoms with van der Waals surface area (Å²) in [5.41, 5.74) is 5.73. The highest BCUT2D eigenvalue weighted by Crippen LogP contribution is 2.33. The van der Waals surface area contributed by atoms with Crippen LogP contribution in [0.4, 0.5) is 13.2 Å². The van der Waals surface area contributed by atoms with Crippen molar-refractivity contribution in [3.05, 3.63) is 0 Å². The number of likely N-dealkylation sites (tertiary alicyclic amines) is 1. The van der Waals surface area contributed by atoms with Crippen LogP contribution in [0.2, 0.25) is 0 Å². The number of piperidine rings is 1. The molecule has 1 amide bonds. The molecule has 2 rings (SSSR count). The van der Waals surface area contributed by atoms with Crippen molar-refractivity contribution in [2.45, 2.75) is 69.6 Å². The van der Waals surface area contributed by atoms with Crippen molar-refractivity contribution < 1.29 is 18.0 Å². The van der Waals surface area contributed by atoms with Crippen LogP contribution in [0.25, 0.3) is 0 Å². The number of halogens is 4. The Morgan fingerprint density at radius 1 is 1.14 bits per heavy atom. The summed E-state index contributed by atoms with van der Waals surface area (Å²) in [4.78, 5) is 13.1. The first kappa shape index (κ1) is 18.6. The van der Waals surface area contributed by atoms with Crippen molar-refractivity contribution in [2.75, 3.05) is 6.54 Å². The summed E-state index contributed by atoms with van der Waals surface area (Å²) < 4.78 is 39.0. The number of rotatable bonds is 3. The lowest BCUT2D eigenvalue weighted by atomic mass is 9.96. The highest BCUT2D eigenvalue weighted by atomic mass is 35.5. The number of hydrogen-bond donors (Lipinski definition) is 1. The molecule has 124 valence electrons. The molecule has 0 bridgehead atoms. The van der Waals surface area contributed by atoms with Gasteiger partial charge in [-0.3, -0.25) is 4.79 Å². The third-order valence-electron chi connectivity index (χ3n) is 4.56. The number of carbonyl (C=O) groups is 1. The van der Waals surface area contributed by atoms with E-state index >= 15 is 0 Å². The first-order valence-electron chi connectivity index (χ1n) is 7.49. The molecule has 2 atom stereocenters. The second-order valence-corrected chi connectivity index (χ2v) is 6.13. The van der Waals surface area contributed by atoms with Crippen molar-refractivity contribution >= 4 is 18.3 Å². The number of carbonyl (C=O) groups excluding carboxylic acids is 1. The molecule has 0 spiro atoms. The number of nitrogens with zero attached hydrogens (tertiary/aromatic N) is 1. The number of amides is 1. The van der Waals surface area contributed by atoms with Gasteiger partial charge in [-0.25, -0.2) is 0 Å². The number of hydrogen-bond acceptors (Lipinski definition) is 2. The molecule has 0 aromatic heterocycles. The van der Waals surface area contributed by atoms with Gasteiger partial charge in [-0.05, 0) is 25.2 Å². The van der Waals surface area contributed by atoms with E-state index in [9.17, 15) is 18.0 Å². The van der Waals surface area contributed by atoms with Gasteiger partial charge < -0.3 is 10.6 Å². The number of alkyl halides is 3. The van der Waals surface area contributed by atoms with Gasteiger partial charge in [-0.2, -0.15) is 13.2 Å². The highest BCUT2D eigenvalue weighted by molar-refractivity contribution is 5.85. The van der Waals surface area contributed by atoms with Crippen LogP contribution in [0.3, 0.4) is 0 Å². The van der Waals surface area contributed by atoms with Gasteiger partial charge in [0.1, 0.15) is 6.04 Å². The zero-order valence-corrected chi connectivity index (χ0v) is 12.9. The van der Waals surface area contributed by atoms with Gasteiger partial charge >= 0.3 is 6.18 Å². The predicted molar refractivity (Wildman–Crippen MR) is 77.2 cm³/mol. The second kappa shape index (κ2) is 7.68. The quantitative estimate of drug-likeness (QED) is 0.864. The number of nitrogens with two attached hydrogens (primary N) is 1. The Balaban J connectivity index is 0.00000220. The lowest BCUT2D eigenvalue weighted by molar-refractivity contribution is -0.197. The molecule has 2 fully saturated rings. The molecule has 1 aliphatic heterocycles. The fourth-order valence-corrected chi connectivity index (χ4v) is 3.39. The Kier molecular flexibility index (Phi) is 6.78. The van der Waals surface area contributed by atoms with Crippen molar-refractivity contribution in [3.63, 3.8) is 0 Å². The van der Waals surface area contributed by atoms with Gasteiger partial charge in [0.25, 0.3) is 0 Å². The predicted octanol–water partition coefficient (Wildman–Crippen LogP) is 3.26.